The van der Waals surface area contributed by atoms with E-state index in [1.807, 2.05) is 13.8 Å². The van der Waals surface area contributed by atoms with Crippen LogP contribution in [0, 0.1) is 23.2 Å². The van der Waals surface area contributed by atoms with Crippen molar-refractivity contribution >= 4 is 11.8 Å². The number of hydrazine groups is 1. The smallest absolute Gasteiger partial charge is 0.242 e. The van der Waals surface area contributed by atoms with Crippen LogP contribution >= 0.6 is 0 Å². The van der Waals surface area contributed by atoms with Crippen molar-refractivity contribution in [2.45, 2.75) is 40.5 Å². The number of hydrogen-bond acceptors (Lipinski definition) is 2. The van der Waals surface area contributed by atoms with Crippen molar-refractivity contribution < 1.29 is 9.59 Å². The molecule has 0 aliphatic heterocycles. The fourth-order valence-corrected chi connectivity index (χ4v) is 2.50. The summed E-state index contributed by atoms with van der Waals surface area (Å²) in [5.74, 6) is 0.232. The van der Waals surface area contributed by atoms with Gasteiger partial charge in [0.1, 0.15) is 0 Å². The minimum absolute atomic E-state index is 0.00827. The van der Waals surface area contributed by atoms with Crippen LogP contribution in [0.1, 0.15) is 40.5 Å². The maximum Gasteiger partial charge on any atom is 0.242 e. The second kappa shape index (κ2) is 4.41. The highest BCUT2D eigenvalue weighted by Gasteiger charge is 2.60. The molecule has 0 aromatic heterocycles. The predicted octanol–water partition coefficient (Wildman–Crippen LogP) is 1.78. The molecule has 2 fully saturated rings. The summed E-state index contributed by atoms with van der Waals surface area (Å²) in [7, 11) is 0. The van der Waals surface area contributed by atoms with Crippen molar-refractivity contribution in [3.8, 4) is 0 Å². The molecule has 2 saturated carbocycles. The van der Waals surface area contributed by atoms with Gasteiger partial charge in [-0.1, -0.05) is 25.5 Å². The van der Waals surface area contributed by atoms with Gasteiger partial charge in [0.05, 0.1) is 5.92 Å². The van der Waals surface area contributed by atoms with Gasteiger partial charge in [-0.05, 0) is 38.0 Å². The average Bonchev–Trinajstić information content (AvgIpc) is 3.13. The second-order valence-corrected chi connectivity index (χ2v) is 6.32. The Morgan fingerprint density at radius 2 is 1.67 bits per heavy atom. The number of nitrogens with one attached hydrogen (secondary N) is 2. The third-order valence-corrected chi connectivity index (χ3v) is 3.96. The first kappa shape index (κ1) is 13.1. The van der Waals surface area contributed by atoms with Crippen molar-refractivity contribution in [2.75, 3.05) is 0 Å². The monoisotopic (exact) mass is 250 g/mol. The van der Waals surface area contributed by atoms with Gasteiger partial charge in [0.15, 0.2) is 0 Å². The highest BCUT2D eigenvalue weighted by atomic mass is 16.2. The minimum atomic E-state index is -0.0727. The van der Waals surface area contributed by atoms with Crippen LogP contribution in [0.25, 0.3) is 0 Å². The van der Waals surface area contributed by atoms with Crippen molar-refractivity contribution in [3.63, 3.8) is 0 Å². The average molecular weight is 250 g/mol. The first-order valence-corrected chi connectivity index (χ1v) is 6.58. The molecule has 0 spiro atoms. The zero-order valence-corrected chi connectivity index (χ0v) is 11.5. The van der Waals surface area contributed by atoms with Crippen LogP contribution in [-0.2, 0) is 9.59 Å². The van der Waals surface area contributed by atoms with Gasteiger partial charge in [0, 0.05) is 5.92 Å². The molecule has 2 aliphatic carbocycles. The van der Waals surface area contributed by atoms with Crippen LogP contribution in [0.4, 0.5) is 0 Å². The van der Waals surface area contributed by atoms with E-state index < -0.39 is 0 Å². The predicted molar refractivity (Wildman–Crippen MR) is 69.2 cm³/mol. The molecule has 4 nitrogen and oxygen atoms in total. The molecule has 18 heavy (non-hydrogen) atoms. The Hall–Kier alpha value is -1.32. The lowest BCUT2D eigenvalue weighted by Gasteiger charge is -2.07. The second-order valence-electron chi connectivity index (χ2n) is 6.32. The zero-order chi connectivity index (χ0) is 13.5. The van der Waals surface area contributed by atoms with Crippen LogP contribution in [0.3, 0.4) is 0 Å². The van der Waals surface area contributed by atoms with E-state index in [1.54, 1.807) is 0 Å². The lowest BCUT2D eigenvalue weighted by Crippen LogP contribution is -2.43. The molecule has 0 unspecified atom stereocenters. The topological polar surface area (TPSA) is 58.2 Å². The molecule has 2 aliphatic rings. The highest BCUT2D eigenvalue weighted by Crippen LogP contribution is 2.59. The molecule has 0 radical (unpaired) electrons. The quantitative estimate of drug-likeness (QED) is 0.592. The molecule has 0 bridgehead atoms. The summed E-state index contributed by atoms with van der Waals surface area (Å²) >= 11 is 0. The Balaban J connectivity index is 1.86. The number of allylic oxidation sites excluding steroid dienone is 2. The summed E-state index contributed by atoms with van der Waals surface area (Å²) in [5.41, 5.74) is 6.29. The van der Waals surface area contributed by atoms with Gasteiger partial charge in [-0.2, -0.15) is 0 Å². The molecule has 4 heteroatoms. The van der Waals surface area contributed by atoms with E-state index in [4.69, 9.17) is 0 Å². The Kier molecular flexibility index (Phi) is 3.21. The van der Waals surface area contributed by atoms with Gasteiger partial charge in [-0.25, -0.2) is 0 Å². The summed E-state index contributed by atoms with van der Waals surface area (Å²) in [6.07, 6.45) is 4.03. The molecule has 2 atom stereocenters. The van der Waals surface area contributed by atoms with Gasteiger partial charge in [0.2, 0.25) is 11.8 Å². The van der Waals surface area contributed by atoms with Crippen LogP contribution in [-0.4, -0.2) is 11.8 Å². The van der Waals surface area contributed by atoms with Gasteiger partial charge in [-0.15, -0.1) is 0 Å². The van der Waals surface area contributed by atoms with E-state index in [-0.39, 0.29) is 35.0 Å². The van der Waals surface area contributed by atoms with Crippen LogP contribution < -0.4 is 10.9 Å². The summed E-state index contributed by atoms with van der Waals surface area (Å²) < 4.78 is 0. The molecule has 2 amide bonds. The Bertz CT molecular complexity index is 404. The minimum Gasteiger partial charge on any atom is -0.273 e. The van der Waals surface area contributed by atoms with Gasteiger partial charge >= 0.3 is 0 Å². The van der Waals surface area contributed by atoms with Crippen molar-refractivity contribution in [3.05, 3.63) is 11.6 Å². The molecule has 0 aromatic carbocycles. The largest absolute Gasteiger partial charge is 0.273 e. The molecule has 2 N–H and O–H groups in total. The number of carbonyl (C=O) groups is 2. The van der Waals surface area contributed by atoms with E-state index in [2.05, 4.69) is 30.8 Å². The summed E-state index contributed by atoms with van der Waals surface area (Å²) in [5, 5.41) is 0. The number of hydrogen-bond donors (Lipinski definition) is 2. The lowest BCUT2D eigenvalue weighted by atomic mass is 10.1. The maximum absolute atomic E-state index is 12.0. The van der Waals surface area contributed by atoms with Crippen LogP contribution in [0.5, 0.6) is 0 Å². The Morgan fingerprint density at radius 1 is 1.11 bits per heavy atom. The summed E-state index contributed by atoms with van der Waals surface area (Å²) in [6, 6.07) is 0. The van der Waals surface area contributed by atoms with E-state index in [0.29, 0.717) is 0 Å². The molecular weight excluding hydrogens is 228 g/mol. The van der Waals surface area contributed by atoms with Crippen molar-refractivity contribution in [1.82, 2.24) is 10.9 Å². The molecule has 0 aromatic rings. The molecule has 0 heterocycles. The van der Waals surface area contributed by atoms with Crippen molar-refractivity contribution in [1.29, 1.82) is 0 Å². The Morgan fingerprint density at radius 3 is 2.17 bits per heavy atom. The van der Waals surface area contributed by atoms with Crippen LogP contribution in [0.15, 0.2) is 11.6 Å². The number of amides is 2. The van der Waals surface area contributed by atoms with Crippen LogP contribution in [0.2, 0.25) is 0 Å². The molecular formula is C14H22N2O2. The zero-order valence-electron chi connectivity index (χ0n) is 11.5. The van der Waals surface area contributed by atoms with E-state index >= 15 is 0 Å². The van der Waals surface area contributed by atoms with Gasteiger partial charge < -0.3 is 0 Å². The first-order valence-electron chi connectivity index (χ1n) is 6.58. The number of rotatable bonds is 3. The number of carbonyl (C=O) groups excluding carboxylic acids is 2. The maximum atomic E-state index is 12.0. The third kappa shape index (κ3) is 2.57. The van der Waals surface area contributed by atoms with Gasteiger partial charge in [-0.3, -0.25) is 20.4 Å². The fraction of sp³-hybridized carbons (Fsp3) is 0.714. The molecule has 0 saturated heterocycles. The van der Waals surface area contributed by atoms with E-state index in [9.17, 15) is 9.59 Å². The summed E-state index contributed by atoms with van der Waals surface area (Å²) in [4.78, 5) is 23.4. The van der Waals surface area contributed by atoms with Crippen molar-refractivity contribution in [2.24, 2.45) is 23.2 Å². The molecule has 100 valence electrons. The SMILES string of the molecule is CC(C)=C[C@H]1[C@@H](C(=O)NNC(=O)C2CC2)C1(C)C. The molecule has 2 rings (SSSR count). The highest BCUT2D eigenvalue weighted by molar-refractivity contribution is 5.87. The van der Waals surface area contributed by atoms with E-state index in [1.165, 1.54) is 5.57 Å². The summed E-state index contributed by atoms with van der Waals surface area (Å²) in [6.45, 7) is 8.25. The standard InChI is InChI=1S/C14H22N2O2/c1-8(2)7-10-11(14(10,3)4)13(18)16-15-12(17)9-5-6-9/h7,9-11H,5-6H2,1-4H3,(H,15,17)(H,16,18)/t10-,11-/m0/s1. The lowest BCUT2D eigenvalue weighted by molar-refractivity contribution is -0.130. The normalized spacial score (nSPS) is 28.2. The Labute approximate surface area is 108 Å². The first-order chi connectivity index (χ1) is 8.34. The van der Waals surface area contributed by atoms with E-state index in [0.717, 1.165) is 12.8 Å². The third-order valence-electron chi connectivity index (χ3n) is 3.96. The van der Waals surface area contributed by atoms with Gasteiger partial charge in [0.25, 0.3) is 0 Å². The fourth-order valence-electron chi connectivity index (χ4n) is 2.50.